The summed E-state index contributed by atoms with van der Waals surface area (Å²) < 4.78 is 0. The van der Waals surface area contributed by atoms with Crippen LogP contribution in [0.5, 0.6) is 0 Å². The Hall–Kier alpha value is -3.67. The van der Waals surface area contributed by atoms with Crippen LogP contribution in [0, 0.1) is 5.41 Å². The lowest BCUT2D eigenvalue weighted by Crippen LogP contribution is -2.29. The van der Waals surface area contributed by atoms with Gasteiger partial charge in [-0.2, -0.15) is 0 Å². The van der Waals surface area contributed by atoms with Gasteiger partial charge in [-0.25, -0.2) is 0 Å². The first-order valence-corrected chi connectivity index (χ1v) is 10.3. The minimum atomic E-state index is -0.371. The molecule has 3 aromatic carbocycles. The van der Waals surface area contributed by atoms with Gasteiger partial charge in [0.05, 0.1) is 0 Å². The molecule has 3 aromatic rings. The molecule has 3 rings (SSSR count). The SMILES string of the molecule is C=O.C=O.CCC(C)(C)C(=O)Nc1ccc(Nc2cccc3c(N(C)C)cccc23)cc1. The number of anilines is 4. The van der Waals surface area contributed by atoms with E-state index in [1.54, 1.807) is 0 Å². The summed E-state index contributed by atoms with van der Waals surface area (Å²) in [5, 5.41) is 8.89. The van der Waals surface area contributed by atoms with Gasteiger partial charge >= 0.3 is 0 Å². The third-order valence-corrected chi connectivity index (χ3v) is 5.30. The van der Waals surface area contributed by atoms with Crippen molar-refractivity contribution in [3.05, 3.63) is 60.7 Å². The Morgan fingerprint density at radius 2 is 1.38 bits per heavy atom. The van der Waals surface area contributed by atoms with Crippen molar-refractivity contribution in [2.45, 2.75) is 27.2 Å². The molecule has 0 saturated heterocycles. The fourth-order valence-corrected chi connectivity index (χ4v) is 3.05. The number of carbonyl (C=O) groups excluding carboxylic acids is 3. The normalized spacial score (nSPS) is 10.2. The Morgan fingerprint density at radius 1 is 0.844 bits per heavy atom. The van der Waals surface area contributed by atoms with Gasteiger partial charge in [-0.05, 0) is 42.8 Å². The summed E-state index contributed by atoms with van der Waals surface area (Å²) >= 11 is 0. The lowest BCUT2D eigenvalue weighted by Gasteiger charge is -2.21. The van der Waals surface area contributed by atoms with Crippen LogP contribution in [0.25, 0.3) is 10.8 Å². The Balaban J connectivity index is 0.00000121. The van der Waals surface area contributed by atoms with Crippen LogP contribution in [0.3, 0.4) is 0 Å². The van der Waals surface area contributed by atoms with Crippen molar-refractivity contribution in [2.24, 2.45) is 5.41 Å². The molecule has 1 amide bonds. The predicted octanol–water partition coefficient (Wildman–Crippen LogP) is 5.65. The predicted molar refractivity (Wildman–Crippen MR) is 135 cm³/mol. The Kier molecular flexibility index (Phi) is 10.1. The molecule has 0 aliphatic heterocycles. The van der Waals surface area contributed by atoms with Gasteiger partial charge in [0.15, 0.2) is 0 Å². The molecule has 0 radical (unpaired) electrons. The van der Waals surface area contributed by atoms with E-state index in [0.717, 1.165) is 23.5 Å². The Morgan fingerprint density at radius 3 is 1.94 bits per heavy atom. The standard InChI is InChI=1S/C24H29N3O.2CH2O/c1-6-24(2,3)23(28)26-18-15-13-17(14-16-18)25-21-11-7-10-20-19(21)9-8-12-22(20)27(4)5;2*1-2/h7-16,25H,6H2,1-5H3,(H,26,28);2*1H2. The smallest absolute Gasteiger partial charge is 0.230 e. The average Bonchev–Trinajstić information content (AvgIpc) is 2.82. The third-order valence-electron chi connectivity index (χ3n) is 5.30. The summed E-state index contributed by atoms with van der Waals surface area (Å²) in [5.41, 5.74) is 3.67. The van der Waals surface area contributed by atoms with Crippen molar-refractivity contribution in [2.75, 3.05) is 29.6 Å². The molecule has 0 spiro atoms. The van der Waals surface area contributed by atoms with Gasteiger partial charge in [-0.3, -0.25) is 4.79 Å². The quantitative estimate of drug-likeness (QED) is 0.523. The summed E-state index contributed by atoms with van der Waals surface area (Å²) in [7, 11) is 4.11. The molecule has 0 saturated carbocycles. The Labute approximate surface area is 190 Å². The fourth-order valence-electron chi connectivity index (χ4n) is 3.05. The molecule has 0 heterocycles. The van der Waals surface area contributed by atoms with E-state index in [2.05, 4.69) is 66.0 Å². The zero-order valence-electron chi connectivity index (χ0n) is 19.6. The highest BCUT2D eigenvalue weighted by Crippen LogP contribution is 2.32. The number of hydrogen-bond donors (Lipinski definition) is 2. The lowest BCUT2D eigenvalue weighted by atomic mass is 9.89. The molecule has 2 N–H and O–H groups in total. The molecule has 0 bridgehead atoms. The number of rotatable bonds is 6. The zero-order valence-corrected chi connectivity index (χ0v) is 19.6. The molecule has 0 unspecified atom stereocenters. The van der Waals surface area contributed by atoms with E-state index in [0.29, 0.717) is 0 Å². The maximum Gasteiger partial charge on any atom is 0.230 e. The van der Waals surface area contributed by atoms with Crippen LogP contribution < -0.4 is 15.5 Å². The van der Waals surface area contributed by atoms with Gasteiger partial charge in [-0.15, -0.1) is 0 Å². The molecule has 0 aromatic heterocycles. The largest absolute Gasteiger partial charge is 0.377 e. The lowest BCUT2D eigenvalue weighted by molar-refractivity contribution is -0.124. The number of nitrogens with zero attached hydrogens (tertiary/aromatic N) is 1. The van der Waals surface area contributed by atoms with Crippen LogP contribution in [-0.4, -0.2) is 33.6 Å². The van der Waals surface area contributed by atoms with Crippen LogP contribution in [0.2, 0.25) is 0 Å². The second-order valence-corrected chi connectivity index (χ2v) is 7.97. The van der Waals surface area contributed by atoms with Crippen molar-refractivity contribution >= 4 is 53.0 Å². The average molecular weight is 436 g/mol. The van der Waals surface area contributed by atoms with Crippen LogP contribution in [0.4, 0.5) is 22.7 Å². The number of hydrogen-bond acceptors (Lipinski definition) is 5. The summed E-state index contributed by atoms with van der Waals surface area (Å²) in [4.78, 5) is 30.5. The summed E-state index contributed by atoms with van der Waals surface area (Å²) in [5.74, 6) is 0.0426. The van der Waals surface area contributed by atoms with Crippen molar-refractivity contribution in [3.63, 3.8) is 0 Å². The van der Waals surface area contributed by atoms with E-state index >= 15 is 0 Å². The highest BCUT2D eigenvalue weighted by Gasteiger charge is 2.25. The van der Waals surface area contributed by atoms with Gasteiger partial charge in [0.2, 0.25) is 5.91 Å². The van der Waals surface area contributed by atoms with Crippen molar-refractivity contribution in [3.8, 4) is 0 Å². The summed E-state index contributed by atoms with van der Waals surface area (Å²) in [6.45, 7) is 9.94. The molecule has 0 aliphatic rings. The van der Waals surface area contributed by atoms with Gasteiger partial charge in [0.25, 0.3) is 0 Å². The molecule has 0 fully saturated rings. The van der Waals surface area contributed by atoms with Gasteiger partial charge < -0.3 is 25.1 Å². The highest BCUT2D eigenvalue weighted by atomic mass is 16.2. The zero-order chi connectivity index (χ0) is 24.3. The second kappa shape index (κ2) is 12.2. The van der Waals surface area contributed by atoms with Crippen molar-refractivity contribution in [1.82, 2.24) is 0 Å². The van der Waals surface area contributed by atoms with Gasteiger partial charge in [-0.1, -0.05) is 45.0 Å². The van der Waals surface area contributed by atoms with Crippen molar-refractivity contribution < 1.29 is 14.4 Å². The summed E-state index contributed by atoms with van der Waals surface area (Å²) in [6.07, 6.45) is 0.800. The van der Waals surface area contributed by atoms with Gasteiger partial charge in [0.1, 0.15) is 13.6 Å². The van der Waals surface area contributed by atoms with E-state index in [9.17, 15) is 4.79 Å². The van der Waals surface area contributed by atoms with Crippen molar-refractivity contribution in [1.29, 1.82) is 0 Å². The highest BCUT2D eigenvalue weighted by molar-refractivity contribution is 6.02. The number of fused-ring (bicyclic) bond motifs is 1. The minimum Gasteiger partial charge on any atom is -0.377 e. The third kappa shape index (κ3) is 6.41. The number of carbonyl (C=O) groups is 3. The van der Waals surface area contributed by atoms with Crippen LogP contribution in [0.15, 0.2) is 60.7 Å². The number of amides is 1. The van der Waals surface area contributed by atoms with E-state index < -0.39 is 0 Å². The molecule has 170 valence electrons. The fraction of sp³-hybridized carbons (Fsp3) is 0.269. The van der Waals surface area contributed by atoms with Crippen LogP contribution in [0.1, 0.15) is 27.2 Å². The maximum absolute atomic E-state index is 12.3. The molecule has 6 nitrogen and oxygen atoms in total. The first-order chi connectivity index (χ1) is 15.3. The van der Waals surface area contributed by atoms with Crippen LogP contribution >= 0.6 is 0 Å². The second-order valence-electron chi connectivity index (χ2n) is 7.97. The Bertz CT molecular complexity index is 1010. The monoisotopic (exact) mass is 435 g/mol. The van der Waals surface area contributed by atoms with E-state index in [1.807, 2.05) is 58.6 Å². The molecule has 0 atom stereocenters. The molecule has 0 aliphatic carbocycles. The number of nitrogens with one attached hydrogen (secondary N) is 2. The van der Waals surface area contributed by atoms with Gasteiger partial charge in [0, 0.05) is 53.0 Å². The molecule has 32 heavy (non-hydrogen) atoms. The first kappa shape index (κ1) is 26.4. The van der Waals surface area contributed by atoms with E-state index in [-0.39, 0.29) is 11.3 Å². The number of benzene rings is 3. The first-order valence-electron chi connectivity index (χ1n) is 10.3. The molecular weight excluding hydrogens is 402 g/mol. The van der Waals surface area contributed by atoms with Crippen LogP contribution in [-0.2, 0) is 14.4 Å². The van der Waals surface area contributed by atoms with E-state index in [4.69, 9.17) is 9.59 Å². The van der Waals surface area contributed by atoms with E-state index in [1.165, 1.54) is 16.5 Å². The minimum absolute atomic E-state index is 0.0426. The summed E-state index contributed by atoms with van der Waals surface area (Å²) in [6, 6.07) is 20.5. The topological polar surface area (TPSA) is 78.5 Å². The molecular formula is C26H33N3O3. The maximum atomic E-state index is 12.3. The molecule has 6 heteroatoms.